The Labute approximate surface area is 158 Å². The Morgan fingerprint density at radius 3 is 1.15 bits per heavy atom. The van der Waals surface area contributed by atoms with E-state index in [2.05, 4.69) is 9.47 Å². The Bertz CT molecular complexity index is 448. The molecule has 0 aromatic heterocycles. The van der Waals surface area contributed by atoms with Gasteiger partial charge in [0, 0.05) is 20.8 Å². The standard InChI is InChI=1S/C10H18O5.C4H6O3.2H2O.O.Ti/c1-6(2)13-10(14-7(3)4)9(12)15-8(5)11;1-3(5)7-4(2)6;;;;/h6-7,10H,1-5H3;1-2H3;2*1H2;;/q;;;;;+2/p-2. The van der Waals surface area contributed by atoms with Crippen molar-refractivity contribution in [2.24, 2.45) is 0 Å². The molecule has 0 saturated carbocycles. The van der Waals surface area contributed by atoms with Gasteiger partial charge < -0.3 is 18.9 Å². The van der Waals surface area contributed by atoms with Gasteiger partial charge in [0.2, 0.25) is 0 Å². The Morgan fingerprint density at radius 1 is 0.731 bits per heavy atom. The molecular formula is C14H26O11Ti. The molecule has 0 fully saturated rings. The van der Waals surface area contributed by atoms with Crippen LogP contribution in [0.25, 0.3) is 0 Å². The van der Waals surface area contributed by atoms with Crippen LogP contribution in [-0.4, -0.2) is 49.8 Å². The van der Waals surface area contributed by atoms with Crippen molar-refractivity contribution in [3.05, 3.63) is 0 Å². The Kier molecular flexibility index (Phi) is 19.3. The summed E-state index contributed by atoms with van der Waals surface area (Å²) in [5, 5.41) is 0. The van der Waals surface area contributed by atoms with Crippen LogP contribution in [-0.2, 0) is 60.1 Å². The topological polar surface area (TPSA) is 163 Å². The van der Waals surface area contributed by atoms with E-state index in [4.69, 9.17) is 20.2 Å². The summed E-state index contributed by atoms with van der Waals surface area (Å²) in [6, 6.07) is 0. The van der Waals surface area contributed by atoms with Crippen LogP contribution in [0.1, 0.15) is 48.5 Å². The second-order valence-corrected chi connectivity index (χ2v) is 5.86. The van der Waals surface area contributed by atoms with Crippen molar-refractivity contribution >= 4 is 23.9 Å². The van der Waals surface area contributed by atoms with Crippen LogP contribution in [0.2, 0.25) is 0 Å². The molecule has 26 heavy (non-hydrogen) atoms. The molecule has 0 amide bonds. The van der Waals surface area contributed by atoms with Gasteiger partial charge in [-0.3, -0.25) is 14.4 Å². The molecule has 0 radical (unpaired) electrons. The van der Waals surface area contributed by atoms with Crippen molar-refractivity contribution < 1.29 is 67.4 Å². The van der Waals surface area contributed by atoms with Crippen molar-refractivity contribution in [1.82, 2.24) is 0 Å². The quantitative estimate of drug-likeness (QED) is 0.270. The number of hydrogen-bond acceptors (Lipinski definition) is 9. The van der Waals surface area contributed by atoms with Gasteiger partial charge in [-0.25, -0.2) is 4.79 Å². The number of hydrogen-bond donors (Lipinski definition) is 2. The summed E-state index contributed by atoms with van der Waals surface area (Å²) < 4.78 is 42.0. The fourth-order valence-corrected chi connectivity index (χ4v) is 1.03. The van der Waals surface area contributed by atoms with Gasteiger partial charge in [0.1, 0.15) is 0 Å². The Morgan fingerprint density at radius 2 is 1.00 bits per heavy atom. The number of carbonyl (C=O) groups is 4. The molecule has 0 unspecified atom stereocenters. The van der Waals surface area contributed by atoms with Gasteiger partial charge in [0.05, 0.1) is 12.2 Å². The maximum absolute atomic E-state index is 11.3. The number of carbonyl (C=O) groups excluding carboxylic acids is 4. The molecule has 0 aromatic rings. The van der Waals surface area contributed by atoms with E-state index in [1.807, 2.05) is 0 Å². The summed E-state index contributed by atoms with van der Waals surface area (Å²) >= 11 is -3.58. The van der Waals surface area contributed by atoms with E-state index in [0.29, 0.717) is 0 Å². The Balaban J connectivity index is -0.000000397. The molecule has 0 rings (SSSR count). The Hall–Kier alpha value is -1.37. The molecule has 0 aliphatic rings. The summed E-state index contributed by atoms with van der Waals surface area (Å²) in [4.78, 5) is 41.5. The van der Waals surface area contributed by atoms with Crippen LogP contribution in [0, 0.1) is 0 Å². The van der Waals surface area contributed by atoms with Crippen molar-refractivity contribution in [2.75, 3.05) is 0 Å². The molecular weight excluding hydrogens is 392 g/mol. The van der Waals surface area contributed by atoms with E-state index in [0.717, 1.165) is 6.92 Å². The van der Waals surface area contributed by atoms with Crippen LogP contribution in [0.15, 0.2) is 0 Å². The third-order valence-corrected chi connectivity index (χ3v) is 1.52. The number of ether oxygens (including phenoxy) is 4. The molecule has 0 aliphatic carbocycles. The van der Waals surface area contributed by atoms with Gasteiger partial charge in [0.25, 0.3) is 6.29 Å². The molecule has 0 bridgehead atoms. The van der Waals surface area contributed by atoms with Gasteiger partial charge in [-0.15, -0.1) is 0 Å². The van der Waals surface area contributed by atoms with Crippen molar-refractivity contribution in [1.29, 1.82) is 0 Å². The fourth-order valence-electron chi connectivity index (χ4n) is 1.03. The van der Waals surface area contributed by atoms with Gasteiger partial charge in [-0.2, -0.15) is 0 Å². The third-order valence-electron chi connectivity index (χ3n) is 1.52. The average Bonchev–Trinajstić information content (AvgIpc) is 2.33. The van der Waals surface area contributed by atoms with Crippen LogP contribution in [0.4, 0.5) is 0 Å². The summed E-state index contributed by atoms with van der Waals surface area (Å²) in [6.45, 7) is 10.6. The normalized spacial score (nSPS) is 9.54. The SMILES string of the molecule is CC(=O)OC(=O)C(OC(C)C)OC(C)C.CC(=O)OC(C)=O.[O]=[Ti]([OH])[OH]. The van der Waals surface area contributed by atoms with Crippen LogP contribution >= 0.6 is 0 Å². The van der Waals surface area contributed by atoms with E-state index in [9.17, 15) is 19.2 Å². The zero-order valence-electron chi connectivity index (χ0n) is 15.8. The second-order valence-electron chi connectivity index (χ2n) is 4.98. The first kappa shape index (κ1) is 29.4. The summed E-state index contributed by atoms with van der Waals surface area (Å²) in [6.07, 6.45) is -1.52. The predicted molar refractivity (Wildman–Crippen MR) is 80.6 cm³/mol. The first-order valence-electron chi connectivity index (χ1n) is 7.33. The summed E-state index contributed by atoms with van der Waals surface area (Å²) in [5.74, 6) is -2.62. The van der Waals surface area contributed by atoms with Gasteiger partial charge in [-0.1, -0.05) is 0 Å². The zero-order chi connectivity index (χ0) is 21.4. The summed E-state index contributed by atoms with van der Waals surface area (Å²) in [5.41, 5.74) is 0. The molecule has 0 aliphatic heterocycles. The predicted octanol–water partition coefficient (Wildman–Crippen LogP) is 0.113. The molecule has 2 N–H and O–H groups in total. The number of rotatable bonds is 5. The van der Waals surface area contributed by atoms with Crippen molar-refractivity contribution in [2.45, 2.75) is 67.0 Å². The first-order valence-corrected chi connectivity index (χ1v) is 9.36. The van der Waals surface area contributed by atoms with Crippen molar-refractivity contribution in [3.8, 4) is 0 Å². The molecule has 152 valence electrons. The minimum absolute atomic E-state index is 0.187. The van der Waals surface area contributed by atoms with E-state index in [-0.39, 0.29) is 12.2 Å². The van der Waals surface area contributed by atoms with Crippen molar-refractivity contribution in [3.63, 3.8) is 0 Å². The zero-order valence-corrected chi connectivity index (χ0v) is 17.4. The fraction of sp³-hybridized carbons (Fsp3) is 0.714. The van der Waals surface area contributed by atoms with E-state index >= 15 is 0 Å². The molecule has 11 nitrogen and oxygen atoms in total. The molecule has 0 atom stereocenters. The molecule has 0 heterocycles. The molecule has 0 aromatic carbocycles. The number of esters is 4. The van der Waals surface area contributed by atoms with Gasteiger partial charge >= 0.3 is 53.2 Å². The second kappa shape index (κ2) is 17.1. The first-order chi connectivity index (χ1) is 11.7. The average molecular weight is 418 g/mol. The van der Waals surface area contributed by atoms with Gasteiger partial charge in [-0.05, 0) is 27.7 Å². The monoisotopic (exact) mass is 418 g/mol. The van der Waals surface area contributed by atoms with E-state index < -0.39 is 48.8 Å². The molecule has 0 spiro atoms. The van der Waals surface area contributed by atoms with Crippen LogP contribution < -0.4 is 0 Å². The van der Waals surface area contributed by atoms with E-state index in [1.54, 1.807) is 27.7 Å². The van der Waals surface area contributed by atoms with E-state index in [1.165, 1.54) is 13.8 Å². The third kappa shape index (κ3) is 30.5. The maximum atomic E-state index is 11.3. The van der Waals surface area contributed by atoms with Crippen LogP contribution in [0.5, 0.6) is 0 Å². The van der Waals surface area contributed by atoms with Crippen LogP contribution in [0.3, 0.4) is 0 Å². The molecule has 0 saturated heterocycles. The van der Waals surface area contributed by atoms with Gasteiger partial charge in [0.15, 0.2) is 0 Å². The summed E-state index contributed by atoms with van der Waals surface area (Å²) in [7, 11) is 0. The molecule has 12 heteroatoms. The minimum atomic E-state index is -3.58.